The molecule has 112 valence electrons. The molecule has 1 N–H and O–H groups in total. The van der Waals surface area contributed by atoms with Gasteiger partial charge in [-0.1, -0.05) is 12.1 Å². The van der Waals surface area contributed by atoms with Gasteiger partial charge in [-0.15, -0.1) is 0 Å². The quantitative estimate of drug-likeness (QED) is 0.939. The fourth-order valence-electron chi connectivity index (χ4n) is 2.30. The van der Waals surface area contributed by atoms with E-state index in [1.54, 1.807) is 20.9 Å². The molecule has 2 rings (SSSR count). The Labute approximate surface area is 121 Å². The maximum Gasteiger partial charge on any atom is 0.253 e. The average Bonchev–Trinajstić information content (AvgIpc) is 2.42. The topological polar surface area (TPSA) is 46.9 Å². The van der Waals surface area contributed by atoms with Crippen LogP contribution in [0.2, 0.25) is 0 Å². The number of benzene rings is 1. The molecule has 0 amide bonds. The zero-order valence-corrected chi connectivity index (χ0v) is 12.2. The molecule has 0 spiro atoms. The number of likely N-dealkylation sites (N-methyl/N-ethyl adjacent to an activating group) is 1. The number of aromatic nitrogens is 2. The summed E-state index contributed by atoms with van der Waals surface area (Å²) in [7, 11) is 1.64. The van der Waals surface area contributed by atoms with Crippen LogP contribution in [0.15, 0.2) is 29.1 Å². The second kappa shape index (κ2) is 6.13. The van der Waals surface area contributed by atoms with Crippen molar-refractivity contribution in [2.75, 3.05) is 7.05 Å². The van der Waals surface area contributed by atoms with Crippen LogP contribution < -0.4 is 10.9 Å². The van der Waals surface area contributed by atoms with Gasteiger partial charge in [-0.2, -0.15) is 0 Å². The molecule has 0 aliphatic rings. The molecule has 0 saturated heterocycles. The summed E-state index contributed by atoms with van der Waals surface area (Å²) in [6.07, 6.45) is 0. The van der Waals surface area contributed by atoms with Crippen LogP contribution in [0.3, 0.4) is 0 Å². The molecule has 21 heavy (non-hydrogen) atoms. The third-order valence-corrected chi connectivity index (χ3v) is 3.40. The van der Waals surface area contributed by atoms with Crippen molar-refractivity contribution in [3.05, 3.63) is 63.3 Å². The molecule has 0 radical (unpaired) electrons. The van der Waals surface area contributed by atoms with Crippen molar-refractivity contribution in [2.45, 2.75) is 26.4 Å². The van der Waals surface area contributed by atoms with Crippen LogP contribution in [0.1, 0.15) is 23.1 Å². The lowest BCUT2D eigenvalue weighted by atomic mass is 10.1. The number of nitrogens with one attached hydrogen (secondary N) is 1. The predicted molar refractivity (Wildman–Crippen MR) is 76.1 cm³/mol. The van der Waals surface area contributed by atoms with Gasteiger partial charge in [0.05, 0.1) is 6.04 Å². The van der Waals surface area contributed by atoms with Gasteiger partial charge in [0.25, 0.3) is 5.56 Å². The normalized spacial score (nSPS) is 12.4. The van der Waals surface area contributed by atoms with E-state index < -0.39 is 17.7 Å². The zero-order chi connectivity index (χ0) is 15.6. The summed E-state index contributed by atoms with van der Waals surface area (Å²) in [4.78, 5) is 16.2. The Morgan fingerprint density at radius 2 is 2.05 bits per heavy atom. The molecule has 4 nitrogen and oxygen atoms in total. The first kappa shape index (κ1) is 15.3. The fraction of sp³-hybridized carbons (Fsp3) is 0.333. The number of aryl methyl sites for hydroxylation is 2. The minimum absolute atomic E-state index is 0.175. The van der Waals surface area contributed by atoms with Gasteiger partial charge in [-0.25, -0.2) is 13.8 Å². The second-order valence-corrected chi connectivity index (χ2v) is 4.88. The van der Waals surface area contributed by atoms with Crippen LogP contribution in [0.5, 0.6) is 0 Å². The largest absolute Gasteiger partial charge is 0.311 e. The van der Waals surface area contributed by atoms with Crippen molar-refractivity contribution >= 4 is 0 Å². The molecule has 0 bridgehead atoms. The molecular formula is C15H17F2N3O. The molecule has 6 heteroatoms. The first-order valence-electron chi connectivity index (χ1n) is 6.60. The van der Waals surface area contributed by atoms with E-state index in [0.717, 1.165) is 6.07 Å². The highest BCUT2D eigenvalue weighted by Gasteiger charge is 2.18. The summed E-state index contributed by atoms with van der Waals surface area (Å²) in [6, 6.07) is 4.90. The van der Waals surface area contributed by atoms with Gasteiger partial charge in [0.2, 0.25) is 0 Å². The maximum absolute atomic E-state index is 13.9. The van der Waals surface area contributed by atoms with Gasteiger partial charge in [0.1, 0.15) is 5.82 Å². The lowest BCUT2D eigenvalue weighted by Gasteiger charge is -2.20. The fourth-order valence-corrected chi connectivity index (χ4v) is 2.30. The first-order valence-corrected chi connectivity index (χ1v) is 6.60. The molecule has 0 fully saturated rings. The first-order chi connectivity index (χ1) is 9.93. The third kappa shape index (κ3) is 3.16. The number of nitrogens with zero attached hydrogens (tertiary/aromatic N) is 2. The monoisotopic (exact) mass is 293 g/mol. The molecule has 1 aromatic carbocycles. The molecular weight excluding hydrogens is 276 g/mol. The van der Waals surface area contributed by atoms with Crippen LogP contribution in [0, 0.1) is 25.5 Å². The third-order valence-electron chi connectivity index (χ3n) is 3.40. The highest BCUT2D eigenvalue weighted by atomic mass is 19.2. The van der Waals surface area contributed by atoms with E-state index in [1.807, 2.05) is 0 Å². The maximum atomic E-state index is 13.9. The average molecular weight is 293 g/mol. The Bertz CT molecular complexity index is 713. The molecule has 0 aliphatic heterocycles. The van der Waals surface area contributed by atoms with Crippen LogP contribution in [0.25, 0.3) is 0 Å². The minimum atomic E-state index is -0.904. The van der Waals surface area contributed by atoms with Crippen molar-refractivity contribution in [1.29, 1.82) is 0 Å². The Morgan fingerprint density at radius 1 is 1.33 bits per heavy atom. The summed E-state index contributed by atoms with van der Waals surface area (Å²) >= 11 is 0. The van der Waals surface area contributed by atoms with Crippen molar-refractivity contribution in [3.8, 4) is 0 Å². The van der Waals surface area contributed by atoms with Crippen LogP contribution in [-0.4, -0.2) is 16.6 Å². The van der Waals surface area contributed by atoms with Gasteiger partial charge in [-0.05, 0) is 27.0 Å². The van der Waals surface area contributed by atoms with Gasteiger partial charge in [-0.3, -0.25) is 9.36 Å². The molecule has 1 aromatic heterocycles. The lowest BCUT2D eigenvalue weighted by molar-refractivity contribution is 0.436. The number of halogens is 2. The van der Waals surface area contributed by atoms with E-state index in [2.05, 4.69) is 10.3 Å². The number of hydrogen-bond donors (Lipinski definition) is 1. The Balaban J connectivity index is 2.41. The Morgan fingerprint density at radius 3 is 2.67 bits per heavy atom. The van der Waals surface area contributed by atoms with Gasteiger partial charge < -0.3 is 5.32 Å². The van der Waals surface area contributed by atoms with Gasteiger partial charge in [0, 0.05) is 23.9 Å². The second-order valence-electron chi connectivity index (χ2n) is 4.88. The standard InChI is InChI=1S/C15H17F2N3O/c1-9-7-14(21)20(10(2)19-9)8-13(18-3)11-5-4-6-12(16)15(11)17/h4-7,13,18H,8H2,1-3H3. The van der Waals surface area contributed by atoms with Crippen LogP contribution in [-0.2, 0) is 6.54 Å². The van der Waals surface area contributed by atoms with Gasteiger partial charge in [0.15, 0.2) is 11.6 Å². The van der Waals surface area contributed by atoms with Crippen LogP contribution in [0.4, 0.5) is 8.78 Å². The molecule has 0 aliphatic carbocycles. The summed E-state index contributed by atoms with van der Waals surface area (Å²) < 4.78 is 28.7. The summed E-state index contributed by atoms with van der Waals surface area (Å²) in [5.74, 6) is -1.27. The minimum Gasteiger partial charge on any atom is -0.311 e. The van der Waals surface area contributed by atoms with E-state index in [0.29, 0.717) is 11.5 Å². The van der Waals surface area contributed by atoms with Crippen molar-refractivity contribution in [2.24, 2.45) is 0 Å². The number of rotatable bonds is 4. The van der Waals surface area contributed by atoms with E-state index in [1.165, 1.54) is 22.8 Å². The van der Waals surface area contributed by atoms with E-state index in [4.69, 9.17) is 0 Å². The molecule has 2 aromatic rings. The van der Waals surface area contributed by atoms with E-state index in [9.17, 15) is 13.6 Å². The Kier molecular flexibility index (Phi) is 4.47. The summed E-state index contributed by atoms with van der Waals surface area (Å²) in [5.41, 5.74) is 0.605. The highest BCUT2D eigenvalue weighted by molar-refractivity contribution is 5.22. The number of hydrogen-bond acceptors (Lipinski definition) is 3. The predicted octanol–water partition coefficient (Wildman–Crippen LogP) is 2.10. The van der Waals surface area contributed by atoms with Crippen molar-refractivity contribution < 1.29 is 8.78 Å². The zero-order valence-electron chi connectivity index (χ0n) is 12.2. The Hall–Kier alpha value is -2.08. The SMILES string of the molecule is CNC(Cn1c(C)nc(C)cc1=O)c1cccc(F)c1F. The smallest absolute Gasteiger partial charge is 0.253 e. The summed E-state index contributed by atoms with van der Waals surface area (Å²) in [6.45, 7) is 3.62. The highest BCUT2D eigenvalue weighted by Crippen LogP contribution is 2.20. The molecule has 1 unspecified atom stereocenters. The van der Waals surface area contributed by atoms with E-state index >= 15 is 0 Å². The van der Waals surface area contributed by atoms with Gasteiger partial charge >= 0.3 is 0 Å². The van der Waals surface area contributed by atoms with E-state index in [-0.39, 0.29) is 17.7 Å². The molecule has 0 saturated carbocycles. The van der Waals surface area contributed by atoms with Crippen molar-refractivity contribution in [1.82, 2.24) is 14.9 Å². The molecule has 1 heterocycles. The van der Waals surface area contributed by atoms with Crippen molar-refractivity contribution in [3.63, 3.8) is 0 Å². The lowest BCUT2D eigenvalue weighted by Crippen LogP contribution is -2.31. The van der Waals surface area contributed by atoms with Crippen LogP contribution >= 0.6 is 0 Å². The summed E-state index contributed by atoms with van der Waals surface area (Å²) in [5, 5.41) is 2.91. The molecule has 1 atom stereocenters.